The van der Waals surface area contributed by atoms with E-state index in [0.29, 0.717) is 38.2 Å². The second-order valence-corrected chi connectivity index (χ2v) is 9.36. The highest BCUT2D eigenvalue weighted by atomic mass is 35.5. The number of nitrogens with zero attached hydrogens (tertiary/aromatic N) is 3. The fourth-order valence-electron chi connectivity index (χ4n) is 3.88. The van der Waals surface area contributed by atoms with Crippen LogP contribution in [0.1, 0.15) is 46.6 Å². The highest BCUT2D eigenvalue weighted by Crippen LogP contribution is 2.42. The molecule has 0 saturated heterocycles. The fourth-order valence-corrected chi connectivity index (χ4v) is 5.16. The van der Waals surface area contributed by atoms with Crippen LogP contribution in [0.5, 0.6) is 0 Å². The molecule has 0 spiro atoms. The van der Waals surface area contributed by atoms with E-state index in [1.165, 1.54) is 16.2 Å². The smallest absolute Gasteiger partial charge is 0.297 e. The van der Waals surface area contributed by atoms with E-state index in [-0.39, 0.29) is 11.2 Å². The molecule has 31 heavy (non-hydrogen) atoms. The molecule has 5 rings (SSSR count). The van der Waals surface area contributed by atoms with Crippen LogP contribution in [0, 0.1) is 5.92 Å². The Labute approximate surface area is 187 Å². The van der Waals surface area contributed by atoms with E-state index in [4.69, 9.17) is 16.0 Å². The molecular formula is C23H18ClN3O3S. The molecular weight excluding hydrogens is 434 g/mol. The number of amides is 1. The predicted molar refractivity (Wildman–Crippen MR) is 121 cm³/mol. The van der Waals surface area contributed by atoms with Crippen LogP contribution in [-0.4, -0.2) is 16.1 Å². The topological polar surface area (TPSA) is 76.3 Å². The molecule has 0 bridgehead atoms. The average Bonchev–Trinajstić information content (AvgIpc) is 3.30. The molecule has 0 aliphatic carbocycles. The van der Waals surface area contributed by atoms with Gasteiger partial charge in [0, 0.05) is 11.4 Å². The van der Waals surface area contributed by atoms with Gasteiger partial charge in [-0.2, -0.15) is 0 Å². The summed E-state index contributed by atoms with van der Waals surface area (Å²) in [6.45, 7) is 4.20. The number of hydrogen-bond acceptors (Lipinski definition) is 6. The van der Waals surface area contributed by atoms with E-state index >= 15 is 0 Å². The predicted octanol–water partition coefficient (Wildman–Crippen LogP) is 5.25. The van der Waals surface area contributed by atoms with E-state index in [0.717, 1.165) is 11.4 Å². The van der Waals surface area contributed by atoms with Crippen molar-refractivity contribution in [2.45, 2.75) is 26.3 Å². The summed E-state index contributed by atoms with van der Waals surface area (Å²) in [5.74, 6) is 0.0360. The number of aromatic nitrogens is 2. The van der Waals surface area contributed by atoms with Gasteiger partial charge in [0.05, 0.1) is 17.0 Å². The van der Waals surface area contributed by atoms with E-state index in [9.17, 15) is 9.59 Å². The van der Waals surface area contributed by atoms with Crippen LogP contribution in [0.15, 0.2) is 57.7 Å². The summed E-state index contributed by atoms with van der Waals surface area (Å²) in [5.41, 5.74) is 1.16. The van der Waals surface area contributed by atoms with Crippen LogP contribution < -0.4 is 10.3 Å². The first-order valence-electron chi connectivity index (χ1n) is 9.91. The summed E-state index contributed by atoms with van der Waals surface area (Å²) in [4.78, 5) is 28.5. The minimum absolute atomic E-state index is 0.0364. The highest BCUT2D eigenvalue weighted by Gasteiger charge is 2.45. The Morgan fingerprint density at radius 2 is 1.94 bits per heavy atom. The minimum atomic E-state index is -0.693. The molecule has 1 aliphatic heterocycles. The quantitative estimate of drug-likeness (QED) is 0.423. The van der Waals surface area contributed by atoms with Gasteiger partial charge in [0.2, 0.25) is 10.9 Å². The van der Waals surface area contributed by atoms with Crippen molar-refractivity contribution >= 4 is 44.9 Å². The second kappa shape index (κ2) is 7.59. The van der Waals surface area contributed by atoms with E-state index in [2.05, 4.69) is 24.0 Å². The number of para-hydroxylation sites is 1. The second-order valence-electron chi connectivity index (χ2n) is 7.88. The van der Waals surface area contributed by atoms with Gasteiger partial charge in [0.15, 0.2) is 5.43 Å². The summed E-state index contributed by atoms with van der Waals surface area (Å²) in [7, 11) is 0. The van der Waals surface area contributed by atoms with Gasteiger partial charge in [-0.3, -0.25) is 14.5 Å². The zero-order chi connectivity index (χ0) is 21.7. The molecule has 1 aliphatic rings. The molecule has 6 nitrogen and oxygen atoms in total. The number of carbonyl (C=O) groups is 1. The van der Waals surface area contributed by atoms with Crippen molar-refractivity contribution in [1.82, 2.24) is 10.2 Å². The number of carbonyl (C=O) groups excluding carboxylic acids is 1. The van der Waals surface area contributed by atoms with Gasteiger partial charge in [-0.25, -0.2) is 0 Å². The molecule has 2 aromatic carbocycles. The van der Waals surface area contributed by atoms with Crippen molar-refractivity contribution in [1.29, 1.82) is 0 Å². The Morgan fingerprint density at radius 3 is 2.71 bits per heavy atom. The van der Waals surface area contributed by atoms with Crippen LogP contribution >= 0.6 is 22.9 Å². The lowest BCUT2D eigenvalue weighted by molar-refractivity contribution is 0.0970. The summed E-state index contributed by atoms with van der Waals surface area (Å²) in [6.07, 6.45) is 0.759. The molecule has 0 unspecified atom stereocenters. The molecule has 1 atom stereocenters. The molecule has 156 valence electrons. The van der Waals surface area contributed by atoms with Crippen LogP contribution in [0.25, 0.3) is 11.0 Å². The van der Waals surface area contributed by atoms with E-state index < -0.39 is 11.9 Å². The van der Waals surface area contributed by atoms with Gasteiger partial charge in [-0.05, 0) is 35.7 Å². The van der Waals surface area contributed by atoms with Gasteiger partial charge < -0.3 is 4.42 Å². The number of hydrogen-bond donors (Lipinski definition) is 0. The van der Waals surface area contributed by atoms with Gasteiger partial charge in [-0.15, -0.1) is 10.2 Å². The summed E-state index contributed by atoms with van der Waals surface area (Å²) in [6, 6.07) is 13.4. The number of fused-ring (bicyclic) bond motifs is 2. The summed E-state index contributed by atoms with van der Waals surface area (Å²) < 4.78 is 5.93. The largest absolute Gasteiger partial charge is 0.450 e. The molecule has 0 N–H and O–H groups in total. The Bertz CT molecular complexity index is 1380. The van der Waals surface area contributed by atoms with Crippen LogP contribution in [-0.2, 0) is 6.42 Å². The molecule has 4 aromatic rings. The molecule has 1 amide bonds. The lowest BCUT2D eigenvalue weighted by Gasteiger charge is -2.22. The first-order valence-corrected chi connectivity index (χ1v) is 11.1. The lowest BCUT2D eigenvalue weighted by atomic mass is 9.99. The van der Waals surface area contributed by atoms with Crippen molar-refractivity contribution < 1.29 is 9.21 Å². The first kappa shape index (κ1) is 19.9. The molecule has 8 heteroatoms. The maximum absolute atomic E-state index is 13.5. The third-order valence-electron chi connectivity index (χ3n) is 5.19. The number of halogens is 1. The minimum Gasteiger partial charge on any atom is -0.450 e. The van der Waals surface area contributed by atoms with Crippen molar-refractivity contribution in [2.24, 2.45) is 5.92 Å². The summed E-state index contributed by atoms with van der Waals surface area (Å²) >= 11 is 7.60. The van der Waals surface area contributed by atoms with Crippen molar-refractivity contribution in [3.05, 3.63) is 85.7 Å². The van der Waals surface area contributed by atoms with Crippen LogP contribution in [0.3, 0.4) is 0 Å². The SMILES string of the molecule is CC(C)Cc1nnc(N2C(=O)c3oc4ccccc4c(=O)c3[C@H]2c2cccc(Cl)c2)s1. The fraction of sp³-hybridized carbons (Fsp3) is 0.217. The third kappa shape index (κ3) is 3.34. The molecule has 0 radical (unpaired) electrons. The van der Waals surface area contributed by atoms with E-state index in [1.807, 2.05) is 6.07 Å². The lowest BCUT2D eigenvalue weighted by Crippen LogP contribution is -2.29. The Hall–Kier alpha value is -3.03. The Morgan fingerprint density at radius 1 is 1.13 bits per heavy atom. The standard InChI is InChI=1S/C23H18ClN3O3S/c1-12(2)10-17-25-26-23(31-17)27-19(13-6-5-7-14(24)11-13)18-20(28)15-8-3-4-9-16(15)30-21(18)22(27)29/h3-9,11-12,19H,10H2,1-2H3/t19-/m1/s1. The molecule has 0 saturated carbocycles. The van der Waals surface area contributed by atoms with E-state index in [1.54, 1.807) is 42.5 Å². The van der Waals surface area contributed by atoms with Gasteiger partial charge >= 0.3 is 0 Å². The van der Waals surface area contributed by atoms with Crippen LogP contribution in [0.2, 0.25) is 5.02 Å². The average molecular weight is 452 g/mol. The normalized spacial score (nSPS) is 15.8. The third-order valence-corrected chi connectivity index (χ3v) is 6.37. The van der Waals surface area contributed by atoms with Crippen molar-refractivity contribution in [2.75, 3.05) is 4.90 Å². The molecule has 0 fully saturated rings. The maximum atomic E-state index is 13.5. The molecule has 3 heterocycles. The van der Waals surface area contributed by atoms with Gasteiger partial charge in [0.1, 0.15) is 10.6 Å². The number of anilines is 1. The highest BCUT2D eigenvalue weighted by molar-refractivity contribution is 7.15. The number of rotatable bonds is 4. The van der Waals surface area contributed by atoms with Crippen LogP contribution in [0.4, 0.5) is 5.13 Å². The Kier molecular flexibility index (Phi) is 4.87. The number of benzene rings is 2. The zero-order valence-electron chi connectivity index (χ0n) is 16.8. The van der Waals surface area contributed by atoms with Gasteiger partial charge in [-0.1, -0.05) is 61.1 Å². The van der Waals surface area contributed by atoms with Crippen molar-refractivity contribution in [3.63, 3.8) is 0 Å². The zero-order valence-corrected chi connectivity index (χ0v) is 18.4. The monoisotopic (exact) mass is 451 g/mol. The molecule has 2 aromatic heterocycles. The van der Waals surface area contributed by atoms with Crippen molar-refractivity contribution in [3.8, 4) is 0 Å². The Balaban J connectivity index is 1.74. The first-order chi connectivity index (χ1) is 14.9. The summed E-state index contributed by atoms with van der Waals surface area (Å²) in [5, 5.41) is 10.8. The van der Waals surface area contributed by atoms with Gasteiger partial charge in [0.25, 0.3) is 5.91 Å². The maximum Gasteiger partial charge on any atom is 0.297 e.